The average Bonchev–Trinajstić information content (AvgIpc) is 3.45. The topological polar surface area (TPSA) is 104 Å². The van der Waals surface area contributed by atoms with Crippen molar-refractivity contribution < 1.29 is 18.8 Å². The van der Waals surface area contributed by atoms with Gasteiger partial charge < -0.3 is 9.73 Å². The third kappa shape index (κ3) is 4.60. The van der Waals surface area contributed by atoms with Gasteiger partial charge in [-0.2, -0.15) is 0 Å². The highest BCUT2D eigenvalue weighted by Crippen LogP contribution is 2.32. The molecule has 2 aliphatic heterocycles. The molecule has 2 aliphatic rings. The zero-order valence-corrected chi connectivity index (χ0v) is 16.7. The van der Waals surface area contributed by atoms with Crippen molar-refractivity contribution in [1.29, 1.82) is 0 Å². The van der Waals surface area contributed by atoms with Gasteiger partial charge in [0.2, 0.25) is 5.91 Å². The fraction of sp³-hybridized carbons (Fsp3) is 0.211. The number of carbonyl (C=O) groups is 3. The Morgan fingerprint density at radius 1 is 1.17 bits per heavy atom. The number of carbonyl (C=O) groups excluding carboxylic acids is 3. The Morgan fingerprint density at radius 2 is 2.00 bits per heavy atom. The van der Waals surface area contributed by atoms with Crippen LogP contribution in [-0.2, 0) is 11.3 Å². The number of nitrogens with one attached hydrogen (secondary N) is 1. The molecule has 148 valence electrons. The lowest BCUT2D eigenvalue weighted by molar-refractivity contribution is -0.126. The van der Waals surface area contributed by atoms with Crippen LogP contribution < -0.4 is 5.32 Å². The van der Waals surface area contributed by atoms with Crippen molar-refractivity contribution >= 4 is 51.5 Å². The molecular formula is C19H16N4O4S2. The minimum atomic E-state index is -0.593. The molecule has 10 heteroatoms. The van der Waals surface area contributed by atoms with Crippen LogP contribution in [0, 0.1) is 0 Å². The van der Waals surface area contributed by atoms with Gasteiger partial charge in [-0.1, -0.05) is 53.9 Å². The van der Waals surface area contributed by atoms with E-state index in [1.807, 2.05) is 6.07 Å². The first-order valence-electron chi connectivity index (χ1n) is 8.77. The van der Waals surface area contributed by atoms with Crippen LogP contribution in [0.1, 0.15) is 22.5 Å². The Kier molecular flexibility index (Phi) is 5.81. The van der Waals surface area contributed by atoms with Gasteiger partial charge in [-0.15, -0.1) is 10.2 Å². The van der Waals surface area contributed by atoms with Crippen molar-refractivity contribution in [2.45, 2.75) is 18.2 Å². The Balaban J connectivity index is 1.54. The van der Waals surface area contributed by atoms with Gasteiger partial charge in [-0.05, 0) is 12.1 Å². The van der Waals surface area contributed by atoms with Gasteiger partial charge >= 0.3 is 0 Å². The van der Waals surface area contributed by atoms with E-state index in [4.69, 9.17) is 4.42 Å². The number of ketones is 1. The predicted molar refractivity (Wildman–Crippen MR) is 112 cm³/mol. The molecule has 1 atom stereocenters. The molecule has 2 fully saturated rings. The van der Waals surface area contributed by atoms with E-state index in [9.17, 15) is 14.4 Å². The fourth-order valence-electron chi connectivity index (χ4n) is 2.81. The first kappa shape index (κ1) is 19.5. The minimum absolute atomic E-state index is 0.0599. The monoisotopic (exact) mass is 428 g/mol. The van der Waals surface area contributed by atoms with Gasteiger partial charge in [-0.25, -0.2) is 0 Å². The van der Waals surface area contributed by atoms with Crippen LogP contribution in [0.25, 0.3) is 0 Å². The van der Waals surface area contributed by atoms with E-state index >= 15 is 0 Å². The highest BCUT2D eigenvalue weighted by molar-refractivity contribution is 8.15. The number of furan rings is 1. The highest BCUT2D eigenvalue weighted by Gasteiger charge is 2.40. The molecule has 1 unspecified atom stereocenters. The molecule has 29 heavy (non-hydrogen) atoms. The lowest BCUT2D eigenvalue weighted by Gasteiger charge is -2.14. The van der Waals surface area contributed by atoms with Crippen LogP contribution in [0.3, 0.4) is 0 Å². The molecule has 0 radical (unpaired) electrons. The third-order valence-electron chi connectivity index (χ3n) is 4.22. The Labute approximate surface area is 174 Å². The number of thioether (sulfide) groups is 2. The molecule has 8 nitrogen and oxygen atoms in total. The van der Waals surface area contributed by atoms with Gasteiger partial charge in [0.25, 0.3) is 5.24 Å². The average molecular weight is 428 g/mol. The SMILES string of the molecule is O=C1N/C(=N/N=C2/SC(CC(=O)c3ccccc3)C(=O)N2Cc2ccco2)CS1. The Morgan fingerprint density at radius 3 is 2.69 bits per heavy atom. The zero-order valence-electron chi connectivity index (χ0n) is 15.1. The molecule has 1 aromatic heterocycles. The summed E-state index contributed by atoms with van der Waals surface area (Å²) in [4.78, 5) is 38.3. The van der Waals surface area contributed by atoms with Crippen molar-refractivity contribution in [3.8, 4) is 0 Å². The largest absolute Gasteiger partial charge is 0.467 e. The Bertz CT molecular complexity index is 989. The number of rotatable bonds is 6. The normalized spacial score (nSPS) is 21.9. The first-order valence-corrected chi connectivity index (χ1v) is 10.6. The summed E-state index contributed by atoms with van der Waals surface area (Å²) in [5.41, 5.74) is 0.565. The second-order valence-electron chi connectivity index (χ2n) is 6.23. The van der Waals surface area contributed by atoms with Crippen LogP contribution in [0.4, 0.5) is 4.79 Å². The van der Waals surface area contributed by atoms with Gasteiger partial charge in [0.15, 0.2) is 11.0 Å². The van der Waals surface area contributed by atoms with Crippen LogP contribution in [-0.4, -0.2) is 43.8 Å². The molecule has 0 bridgehead atoms. The van der Waals surface area contributed by atoms with Gasteiger partial charge in [0.05, 0.1) is 23.8 Å². The standard InChI is InChI=1S/C19H16N4O4S2/c24-14(12-5-2-1-3-6-12)9-15-17(25)23(10-13-7-4-8-27-13)18(29-15)22-21-16-11-28-19(26)20-16/h1-8,15H,9-11H2,(H,20,21,26)/b22-18+. The predicted octanol–water partition coefficient (Wildman–Crippen LogP) is 3.12. The van der Waals surface area contributed by atoms with E-state index in [2.05, 4.69) is 15.5 Å². The summed E-state index contributed by atoms with van der Waals surface area (Å²) >= 11 is 2.30. The van der Waals surface area contributed by atoms with Crippen LogP contribution in [0.2, 0.25) is 0 Å². The van der Waals surface area contributed by atoms with Crippen molar-refractivity contribution in [1.82, 2.24) is 10.2 Å². The number of hydrogen-bond acceptors (Lipinski definition) is 8. The van der Waals surface area contributed by atoms with E-state index in [-0.39, 0.29) is 29.9 Å². The summed E-state index contributed by atoms with van der Waals surface area (Å²) in [6.45, 7) is 0.194. The quantitative estimate of drug-likeness (QED) is 0.560. The lowest BCUT2D eigenvalue weighted by atomic mass is 10.1. The summed E-state index contributed by atoms with van der Waals surface area (Å²) in [7, 11) is 0. The van der Waals surface area contributed by atoms with E-state index in [0.717, 1.165) is 11.8 Å². The number of hydrogen-bond donors (Lipinski definition) is 1. The highest BCUT2D eigenvalue weighted by atomic mass is 32.2. The minimum Gasteiger partial charge on any atom is -0.467 e. The molecule has 0 spiro atoms. The number of nitrogens with zero attached hydrogens (tertiary/aromatic N) is 3. The van der Waals surface area contributed by atoms with E-state index < -0.39 is 5.25 Å². The second-order valence-corrected chi connectivity index (χ2v) is 8.35. The number of benzene rings is 1. The maximum Gasteiger partial charge on any atom is 0.284 e. The molecule has 1 aromatic carbocycles. The summed E-state index contributed by atoms with van der Waals surface area (Å²) in [6.07, 6.45) is 1.59. The first-order chi connectivity index (χ1) is 14.1. The molecule has 4 rings (SSSR count). The zero-order chi connectivity index (χ0) is 20.2. The van der Waals surface area contributed by atoms with Gasteiger partial charge in [0, 0.05) is 12.0 Å². The van der Waals surface area contributed by atoms with Crippen molar-refractivity contribution in [3.63, 3.8) is 0 Å². The molecule has 2 saturated heterocycles. The lowest BCUT2D eigenvalue weighted by Crippen LogP contribution is -2.32. The van der Waals surface area contributed by atoms with Gasteiger partial charge in [-0.3, -0.25) is 19.3 Å². The van der Waals surface area contributed by atoms with Crippen molar-refractivity contribution in [3.05, 3.63) is 60.1 Å². The van der Waals surface area contributed by atoms with E-state index in [1.165, 1.54) is 22.9 Å². The summed E-state index contributed by atoms with van der Waals surface area (Å²) < 4.78 is 5.35. The smallest absolute Gasteiger partial charge is 0.284 e. The molecule has 2 aromatic rings. The van der Waals surface area contributed by atoms with Crippen molar-refractivity contribution in [2.24, 2.45) is 10.2 Å². The molecule has 0 saturated carbocycles. The fourth-order valence-corrected chi connectivity index (χ4v) is 4.49. The summed E-state index contributed by atoms with van der Waals surface area (Å²) in [6, 6.07) is 12.4. The van der Waals surface area contributed by atoms with Crippen molar-refractivity contribution in [2.75, 3.05) is 5.75 Å². The molecule has 1 N–H and O–H groups in total. The summed E-state index contributed by atoms with van der Waals surface area (Å²) in [5.74, 6) is 1.10. The van der Waals surface area contributed by atoms with Crippen LogP contribution >= 0.6 is 23.5 Å². The second kappa shape index (κ2) is 8.66. The maximum atomic E-state index is 13.0. The molecule has 3 heterocycles. The third-order valence-corrected chi connectivity index (χ3v) is 6.17. The molecule has 0 aliphatic carbocycles. The Hall–Kier alpha value is -2.85. The van der Waals surface area contributed by atoms with Crippen LogP contribution in [0.5, 0.6) is 0 Å². The van der Waals surface area contributed by atoms with Gasteiger partial charge in [0.1, 0.15) is 11.6 Å². The maximum absolute atomic E-state index is 13.0. The number of amidine groups is 2. The number of amides is 2. The van der Waals surface area contributed by atoms with Crippen LogP contribution in [0.15, 0.2) is 63.3 Å². The summed E-state index contributed by atoms with van der Waals surface area (Å²) in [5, 5.41) is 10.4. The number of Topliss-reactive ketones (excluding diaryl/α,β-unsaturated/α-hetero) is 1. The van der Waals surface area contributed by atoms with E-state index in [0.29, 0.717) is 28.1 Å². The molecular weight excluding hydrogens is 412 g/mol. The van der Waals surface area contributed by atoms with E-state index in [1.54, 1.807) is 36.4 Å². The molecule has 2 amide bonds.